The molecule has 1 saturated heterocycles. The van der Waals surface area contributed by atoms with Gasteiger partial charge in [-0.1, -0.05) is 0 Å². The van der Waals surface area contributed by atoms with Crippen LogP contribution in [0.5, 0.6) is 5.75 Å². The van der Waals surface area contributed by atoms with Gasteiger partial charge in [0.05, 0.1) is 7.11 Å². The average Bonchev–Trinajstić information content (AvgIpc) is 2.80. The molecular weight excluding hydrogens is 206 g/mol. The normalized spacial score (nSPS) is 20.5. The van der Waals surface area contributed by atoms with Crippen LogP contribution >= 0.6 is 11.8 Å². The summed E-state index contributed by atoms with van der Waals surface area (Å²) in [5.74, 6) is 2.10. The highest BCUT2D eigenvalue weighted by Crippen LogP contribution is 2.23. The van der Waals surface area contributed by atoms with Crippen molar-refractivity contribution in [3.63, 3.8) is 0 Å². The number of methoxy groups -OCH3 is 1. The third-order valence-electron chi connectivity index (χ3n) is 2.67. The van der Waals surface area contributed by atoms with Gasteiger partial charge in [-0.05, 0) is 43.7 Å². The van der Waals surface area contributed by atoms with E-state index in [-0.39, 0.29) is 0 Å². The van der Waals surface area contributed by atoms with Crippen molar-refractivity contribution in [3.8, 4) is 5.75 Å². The zero-order valence-corrected chi connectivity index (χ0v) is 9.85. The minimum absolute atomic E-state index is 0.706. The summed E-state index contributed by atoms with van der Waals surface area (Å²) in [6.07, 6.45) is 2.65. The predicted octanol–water partition coefficient (Wildman–Crippen LogP) is 2.54. The molecule has 0 aromatic heterocycles. The highest BCUT2D eigenvalue weighted by molar-refractivity contribution is 7.99. The van der Waals surface area contributed by atoms with E-state index in [0.717, 1.165) is 5.75 Å². The number of ether oxygens (including phenoxy) is 1. The summed E-state index contributed by atoms with van der Waals surface area (Å²) >= 11 is 1.92. The van der Waals surface area contributed by atoms with E-state index in [4.69, 9.17) is 4.74 Å². The van der Waals surface area contributed by atoms with Gasteiger partial charge in [0, 0.05) is 16.7 Å². The molecule has 1 aromatic carbocycles. The molecule has 1 heterocycles. The molecule has 1 N–H and O–H groups in total. The molecule has 0 amide bonds. The third-order valence-corrected chi connectivity index (χ3v) is 3.85. The predicted molar refractivity (Wildman–Crippen MR) is 64.7 cm³/mol. The monoisotopic (exact) mass is 223 g/mol. The van der Waals surface area contributed by atoms with Crippen LogP contribution in [0.15, 0.2) is 29.2 Å². The summed E-state index contributed by atoms with van der Waals surface area (Å²) < 4.78 is 5.13. The fourth-order valence-corrected chi connectivity index (χ4v) is 2.77. The van der Waals surface area contributed by atoms with E-state index in [0.29, 0.717) is 6.04 Å². The molecule has 3 heteroatoms. The van der Waals surface area contributed by atoms with Gasteiger partial charge >= 0.3 is 0 Å². The van der Waals surface area contributed by atoms with Crippen LogP contribution in [0.25, 0.3) is 0 Å². The van der Waals surface area contributed by atoms with E-state index in [2.05, 4.69) is 17.4 Å². The maximum Gasteiger partial charge on any atom is 0.118 e. The van der Waals surface area contributed by atoms with E-state index in [1.54, 1.807) is 7.11 Å². The second-order valence-corrected chi connectivity index (χ2v) is 4.87. The van der Waals surface area contributed by atoms with Crippen molar-refractivity contribution in [1.29, 1.82) is 0 Å². The number of benzene rings is 1. The molecule has 1 unspecified atom stereocenters. The standard InChI is InChI=1S/C12H17NOS/c1-14-11-4-6-12(7-5-11)15-9-10-3-2-8-13-10/h4-7,10,13H,2-3,8-9H2,1H3. The van der Waals surface area contributed by atoms with Gasteiger partial charge in [0.1, 0.15) is 5.75 Å². The van der Waals surface area contributed by atoms with Crippen molar-refractivity contribution in [2.75, 3.05) is 19.4 Å². The lowest BCUT2D eigenvalue weighted by atomic mass is 10.3. The second-order valence-electron chi connectivity index (χ2n) is 3.78. The highest BCUT2D eigenvalue weighted by atomic mass is 32.2. The molecule has 0 radical (unpaired) electrons. The molecule has 2 rings (SSSR count). The molecule has 1 fully saturated rings. The topological polar surface area (TPSA) is 21.3 Å². The number of thioether (sulfide) groups is 1. The van der Waals surface area contributed by atoms with Crippen molar-refractivity contribution < 1.29 is 4.74 Å². The maximum absolute atomic E-state index is 5.13. The first-order valence-corrected chi connectivity index (χ1v) is 6.37. The van der Waals surface area contributed by atoms with Gasteiger partial charge in [-0.2, -0.15) is 0 Å². The number of rotatable bonds is 4. The summed E-state index contributed by atoms with van der Waals surface area (Å²) in [5.41, 5.74) is 0. The molecule has 15 heavy (non-hydrogen) atoms. The van der Waals surface area contributed by atoms with E-state index in [9.17, 15) is 0 Å². The summed E-state index contributed by atoms with van der Waals surface area (Å²) in [5, 5.41) is 3.50. The van der Waals surface area contributed by atoms with Gasteiger partial charge in [-0.25, -0.2) is 0 Å². The molecule has 1 atom stereocenters. The molecule has 1 aromatic rings. The van der Waals surface area contributed by atoms with E-state index in [1.165, 1.54) is 30.0 Å². The smallest absolute Gasteiger partial charge is 0.118 e. The Morgan fingerprint density at radius 2 is 2.20 bits per heavy atom. The summed E-state index contributed by atoms with van der Waals surface area (Å²) in [6.45, 7) is 1.19. The first-order chi connectivity index (χ1) is 7.38. The fourth-order valence-electron chi connectivity index (χ4n) is 1.77. The Balaban J connectivity index is 1.82. The Hall–Kier alpha value is -0.670. The summed E-state index contributed by atoms with van der Waals surface area (Å²) in [7, 11) is 1.70. The maximum atomic E-state index is 5.13. The van der Waals surface area contributed by atoms with Gasteiger partial charge in [0.25, 0.3) is 0 Å². The van der Waals surface area contributed by atoms with Gasteiger partial charge in [0.15, 0.2) is 0 Å². The zero-order chi connectivity index (χ0) is 10.5. The van der Waals surface area contributed by atoms with Crippen LogP contribution in [0.4, 0.5) is 0 Å². The first-order valence-electron chi connectivity index (χ1n) is 5.39. The van der Waals surface area contributed by atoms with Crippen LogP contribution in [0.3, 0.4) is 0 Å². The number of hydrogen-bond acceptors (Lipinski definition) is 3. The molecule has 1 aliphatic rings. The lowest BCUT2D eigenvalue weighted by Crippen LogP contribution is -2.23. The lowest BCUT2D eigenvalue weighted by molar-refractivity contribution is 0.414. The van der Waals surface area contributed by atoms with Crippen LogP contribution in [-0.2, 0) is 0 Å². The average molecular weight is 223 g/mol. The molecular formula is C12H17NOS. The minimum atomic E-state index is 0.706. The van der Waals surface area contributed by atoms with Crippen molar-refractivity contribution in [1.82, 2.24) is 5.32 Å². The zero-order valence-electron chi connectivity index (χ0n) is 9.03. The van der Waals surface area contributed by atoms with Crippen molar-refractivity contribution in [3.05, 3.63) is 24.3 Å². The SMILES string of the molecule is COc1ccc(SCC2CCCN2)cc1. The molecule has 0 saturated carbocycles. The van der Waals surface area contributed by atoms with E-state index < -0.39 is 0 Å². The summed E-state index contributed by atoms with van der Waals surface area (Å²) in [4.78, 5) is 1.32. The third kappa shape index (κ3) is 3.14. The van der Waals surface area contributed by atoms with Crippen LogP contribution in [0, 0.1) is 0 Å². The molecule has 1 aliphatic heterocycles. The fraction of sp³-hybridized carbons (Fsp3) is 0.500. The van der Waals surface area contributed by atoms with Gasteiger partial charge in [-0.3, -0.25) is 0 Å². The minimum Gasteiger partial charge on any atom is -0.497 e. The Labute approximate surface area is 95.4 Å². The molecule has 0 bridgehead atoms. The van der Waals surface area contributed by atoms with Crippen molar-refractivity contribution in [2.24, 2.45) is 0 Å². The van der Waals surface area contributed by atoms with E-state index >= 15 is 0 Å². The number of nitrogens with one attached hydrogen (secondary N) is 1. The second kappa shape index (κ2) is 5.42. The largest absolute Gasteiger partial charge is 0.497 e. The molecule has 82 valence electrons. The highest BCUT2D eigenvalue weighted by Gasteiger charge is 2.13. The number of hydrogen-bond donors (Lipinski definition) is 1. The van der Waals surface area contributed by atoms with Crippen LogP contribution in [0.1, 0.15) is 12.8 Å². The lowest BCUT2D eigenvalue weighted by Gasteiger charge is -2.09. The van der Waals surface area contributed by atoms with Crippen molar-refractivity contribution in [2.45, 2.75) is 23.8 Å². The molecule has 2 nitrogen and oxygen atoms in total. The van der Waals surface area contributed by atoms with E-state index in [1.807, 2.05) is 23.9 Å². The summed E-state index contributed by atoms with van der Waals surface area (Å²) in [6, 6.07) is 8.99. The van der Waals surface area contributed by atoms with Crippen LogP contribution in [-0.4, -0.2) is 25.4 Å². The Bertz CT molecular complexity index is 293. The Morgan fingerprint density at radius 1 is 1.40 bits per heavy atom. The van der Waals surface area contributed by atoms with Crippen LogP contribution < -0.4 is 10.1 Å². The van der Waals surface area contributed by atoms with Gasteiger partial charge < -0.3 is 10.1 Å². The van der Waals surface area contributed by atoms with Gasteiger partial charge in [-0.15, -0.1) is 11.8 Å². The molecule has 0 spiro atoms. The quantitative estimate of drug-likeness (QED) is 0.793. The Kier molecular flexibility index (Phi) is 3.92. The van der Waals surface area contributed by atoms with Gasteiger partial charge in [0.2, 0.25) is 0 Å². The molecule has 0 aliphatic carbocycles. The van der Waals surface area contributed by atoms with Crippen LogP contribution in [0.2, 0.25) is 0 Å². The van der Waals surface area contributed by atoms with Crippen molar-refractivity contribution >= 4 is 11.8 Å². The first kappa shape index (κ1) is 10.8. The Morgan fingerprint density at radius 3 is 2.80 bits per heavy atom.